The number of benzene rings is 1. The second-order valence-electron chi connectivity index (χ2n) is 3.11. The first-order valence-corrected chi connectivity index (χ1v) is 5.48. The van der Waals surface area contributed by atoms with Crippen LogP contribution in [-0.4, -0.2) is 0 Å². The molecule has 2 nitrogen and oxygen atoms in total. The molecule has 2 aromatic rings. The predicted molar refractivity (Wildman–Crippen MR) is 62.8 cm³/mol. The molecule has 15 heavy (non-hydrogen) atoms. The third-order valence-corrected chi connectivity index (χ3v) is 2.97. The largest absolute Gasteiger partial charge is 0.373 e. The van der Waals surface area contributed by atoms with Crippen LogP contribution in [0.2, 0.25) is 0 Å². The van der Waals surface area contributed by atoms with Crippen LogP contribution in [0.25, 0.3) is 0 Å². The van der Waals surface area contributed by atoms with Crippen LogP contribution in [0.15, 0.2) is 42.5 Å². The highest BCUT2D eigenvalue weighted by Crippen LogP contribution is 2.21. The van der Waals surface area contributed by atoms with Crippen LogP contribution in [0.3, 0.4) is 0 Å². The lowest BCUT2D eigenvalue weighted by Crippen LogP contribution is -1.96. The van der Waals surface area contributed by atoms with Gasteiger partial charge in [-0.25, -0.2) is 0 Å². The molecule has 0 aliphatic rings. The van der Waals surface area contributed by atoms with Crippen molar-refractivity contribution in [2.45, 2.75) is 6.54 Å². The monoisotopic (exact) mass is 214 g/mol. The van der Waals surface area contributed by atoms with E-state index in [1.807, 2.05) is 30.3 Å². The van der Waals surface area contributed by atoms with Crippen molar-refractivity contribution in [3.63, 3.8) is 0 Å². The Morgan fingerprint density at radius 2 is 1.93 bits per heavy atom. The summed E-state index contributed by atoms with van der Waals surface area (Å²) >= 11 is 1.48. The molecule has 74 valence electrons. The maximum Gasteiger partial charge on any atom is 0.110 e. The van der Waals surface area contributed by atoms with Gasteiger partial charge in [0.1, 0.15) is 10.9 Å². The summed E-state index contributed by atoms with van der Waals surface area (Å²) in [5, 5.41) is 13.0. The number of nitrogens with zero attached hydrogens (tertiary/aromatic N) is 1. The molecule has 0 saturated heterocycles. The van der Waals surface area contributed by atoms with Crippen LogP contribution in [0.5, 0.6) is 0 Å². The summed E-state index contributed by atoms with van der Waals surface area (Å²) in [4.78, 5) is 0.741. The average molecular weight is 214 g/mol. The molecule has 0 amide bonds. The third-order valence-electron chi connectivity index (χ3n) is 2.03. The van der Waals surface area contributed by atoms with E-state index in [-0.39, 0.29) is 0 Å². The fourth-order valence-electron chi connectivity index (χ4n) is 1.28. The molecule has 2 rings (SSSR count). The Morgan fingerprint density at radius 1 is 1.13 bits per heavy atom. The number of anilines is 1. The van der Waals surface area contributed by atoms with Crippen molar-refractivity contribution >= 4 is 16.3 Å². The summed E-state index contributed by atoms with van der Waals surface area (Å²) in [7, 11) is 0. The van der Waals surface area contributed by atoms with Crippen LogP contribution < -0.4 is 5.32 Å². The zero-order valence-electron chi connectivity index (χ0n) is 8.10. The van der Waals surface area contributed by atoms with Gasteiger partial charge in [-0.3, -0.25) is 0 Å². The number of thiophene rings is 1. The number of rotatable bonds is 3. The Labute approximate surface area is 92.8 Å². The normalized spacial score (nSPS) is 9.53. The lowest BCUT2D eigenvalue weighted by molar-refractivity contribution is 1.16. The first kappa shape index (κ1) is 9.75. The van der Waals surface area contributed by atoms with Crippen LogP contribution in [0, 0.1) is 11.3 Å². The molecular formula is C12H10N2S. The van der Waals surface area contributed by atoms with Crippen molar-refractivity contribution < 1.29 is 0 Å². The van der Waals surface area contributed by atoms with Crippen molar-refractivity contribution in [3.8, 4) is 6.07 Å². The Balaban J connectivity index is 1.97. The Bertz CT molecular complexity index is 468. The molecule has 1 N–H and O–H groups in total. The molecule has 0 radical (unpaired) electrons. The van der Waals surface area contributed by atoms with Crippen LogP contribution in [0.4, 0.5) is 5.00 Å². The van der Waals surface area contributed by atoms with Crippen LogP contribution in [0.1, 0.15) is 10.4 Å². The van der Waals surface area contributed by atoms with Crippen molar-refractivity contribution in [2.75, 3.05) is 5.32 Å². The van der Waals surface area contributed by atoms with E-state index >= 15 is 0 Å². The molecule has 3 heteroatoms. The van der Waals surface area contributed by atoms with E-state index in [0.717, 1.165) is 16.4 Å². The summed E-state index contributed by atoms with van der Waals surface area (Å²) < 4.78 is 0. The fourth-order valence-corrected chi connectivity index (χ4v) is 1.98. The standard InChI is InChI=1S/C12H10N2S/c13-8-11-6-7-12(15-11)14-9-10-4-2-1-3-5-10/h1-7,14H,9H2. The molecule has 0 aliphatic carbocycles. The summed E-state index contributed by atoms with van der Waals surface area (Å²) in [6, 6.07) is 16.1. The Kier molecular flexibility index (Phi) is 3.01. The van der Waals surface area contributed by atoms with Gasteiger partial charge in [0.25, 0.3) is 0 Å². The Hall–Kier alpha value is -1.79. The highest BCUT2D eigenvalue weighted by atomic mass is 32.1. The lowest BCUT2D eigenvalue weighted by Gasteiger charge is -2.02. The molecule has 0 atom stereocenters. The van der Waals surface area contributed by atoms with Gasteiger partial charge in [-0.05, 0) is 17.7 Å². The first-order valence-electron chi connectivity index (χ1n) is 4.66. The van der Waals surface area contributed by atoms with Crippen LogP contribution >= 0.6 is 11.3 Å². The highest BCUT2D eigenvalue weighted by molar-refractivity contribution is 7.16. The zero-order chi connectivity index (χ0) is 10.5. The minimum Gasteiger partial charge on any atom is -0.373 e. The van der Waals surface area contributed by atoms with Crippen molar-refractivity contribution in [2.24, 2.45) is 0 Å². The predicted octanol–water partition coefficient (Wildman–Crippen LogP) is 3.23. The molecule has 0 saturated carbocycles. The average Bonchev–Trinajstić information content (AvgIpc) is 2.76. The van der Waals surface area contributed by atoms with E-state index in [9.17, 15) is 0 Å². The number of nitrogens with one attached hydrogen (secondary N) is 1. The summed E-state index contributed by atoms with van der Waals surface area (Å²) in [6.07, 6.45) is 0. The number of hydrogen-bond donors (Lipinski definition) is 1. The lowest BCUT2D eigenvalue weighted by atomic mass is 10.2. The van der Waals surface area contributed by atoms with Gasteiger partial charge in [0, 0.05) is 6.54 Å². The summed E-state index contributed by atoms with van der Waals surface area (Å²) in [5.74, 6) is 0. The molecule has 0 aliphatic heterocycles. The maximum absolute atomic E-state index is 8.67. The van der Waals surface area contributed by atoms with Crippen molar-refractivity contribution in [1.29, 1.82) is 5.26 Å². The van der Waals surface area contributed by atoms with E-state index in [2.05, 4.69) is 23.5 Å². The molecule has 1 aromatic carbocycles. The molecule has 0 unspecified atom stereocenters. The zero-order valence-corrected chi connectivity index (χ0v) is 8.92. The van der Waals surface area contributed by atoms with E-state index in [1.54, 1.807) is 0 Å². The quantitative estimate of drug-likeness (QED) is 0.851. The van der Waals surface area contributed by atoms with E-state index in [4.69, 9.17) is 5.26 Å². The highest BCUT2D eigenvalue weighted by Gasteiger charge is 1.98. The molecule has 0 fully saturated rings. The first-order chi connectivity index (χ1) is 7.38. The van der Waals surface area contributed by atoms with Gasteiger partial charge in [-0.15, -0.1) is 11.3 Å². The SMILES string of the molecule is N#Cc1ccc(NCc2ccccc2)s1. The molecule has 1 heterocycles. The van der Waals surface area contributed by atoms with E-state index < -0.39 is 0 Å². The second-order valence-corrected chi connectivity index (χ2v) is 4.20. The van der Waals surface area contributed by atoms with Gasteiger partial charge in [0.05, 0.1) is 5.00 Å². The van der Waals surface area contributed by atoms with Gasteiger partial charge in [-0.1, -0.05) is 30.3 Å². The topological polar surface area (TPSA) is 35.8 Å². The molecule has 0 spiro atoms. The second kappa shape index (κ2) is 4.63. The third kappa shape index (κ3) is 2.58. The molecule has 0 bridgehead atoms. The van der Waals surface area contributed by atoms with Gasteiger partial charge < -0.3 is 5.32 Å². The van der Waals surface area contributed by atoms with Gasteiger partial charge in [0.2, 0.25) is 0 Å². The van der Waals surface area contributed by atoms with Crippen molar-refractivity contribution in [1.82, 2.24) is 0 Å². The summed E-state index contributed by atoms with van der Waals surface area (Å²) in [5.41, 5.74) is 1.24. The number of nitriles is 1. The van der Waals surface area contributed by atoms with Gasteiger partial charge in [0.15, 0.2) is 0 Å². The van der Waals surface area contributed by atoms with Crippen LogP contribution in [-0.2, 0) is 6.54 Å². The minimum atomic E-state index is 0.741. The van der Waals surface area contributed by atoms with E-state index in [0.29, 0.717) is 0 Å². The fraction of sp³-hybridized carbons (Fsp3) is 0.0833. The molecule has 1 aromatic heterocycles. The molecular weight excluding hydrogens is 204 g/mol. The summed E-state index contributed by atoms with van der Waals surface area (Å²) in [6.45, 7) is 0.798. The Morgan fingerprint density at radius 3 is 2.60 bits per heavy atom. The maximum atomic E-state index is 8.67. The minimum absolute atomic E-state index is 0.741. The van der Waals surface area contributed by atoms with Gasteiger partial charge >= 0.3 is 0 Å². The van der Waals surface area contributed by atoms with Crippen molar-refractivity contribution in [3.05, 3.63) is 52.9 Å². The number of hydrogen-bond acceptors (Lipinski definition) is 3. The van der Waals surface area contributed by atoms with E-state index in [1.165, 1.54) is 16.9 Å². The van der Waals surface area contributed by atoms with Gasteiger partial charge in [-0.2, -0.15) is 5.26 Å². The smallest absolute Gasteiger partial charge is 0.110 e.